The number of hydrogen-bond donors (Lipinski definition) is 1. The zero-order chi connectivity index (χ0) is 15.1. The van der Waals surface area contributed by atoms with Crippen molar-refractivity contribution in [2.75, 3.05) is 19.8 Å². The van der Waals surface area contributed by atoms with Crippen LogP contribution >= 0.6 is 0 Å². The number of unbranched alkanes of at least 4 members (excludes halogenated alkanes) is 2. The van der Waals surface area contributed by atoms with Gasteiger partial charge in [0.2, 0.25) is 5.90 Å². The molecule has 0 fully saturated rings. The molecule has 0 saturated carbocycles. The summed E-state index contributed by atoms with van der Waals surface area (Å²) in [5.41, 5.74) is 0.821. The van der Waals surface area contributed by atoms with E-state index in [0.29, 0.717) is 13.2 Å². The SMILES string of the molecule is C#C.CCCCCOCCCOC(=N)c1ccccc1. The van der Waals surface area contributed by atoms with E-state index < -0.39 is 0 Å². The molecule has 1 aromatic carbocycles. The number of rotatable bonds is 9. The zero-order valence-corrected chi connectivity index (χ0v) is 12.3. The van der Waals surface area contributed by atoms with Gasteiger partial charge in [-0.2, -0.15) is 0 Å². The summed E-state index contributed by atoms with van der Waals surface area (Å²) in [6.07, 6.45) is 12.4. The Morgan fingerprint density at radius 2 is 1.65 bits per heavy atom. The lowest BCUT2D eigenvalue weighted by atomic mass is 10.2. The maximum atomic E-state index is 7.74. The highest BCUT2D eigenvalue weighted by Gasteiger charge is 2.00. The van der Waals surface area contributed by atoms with Crippen LogP contribution in [0, 0.1) is 18.3 Å². The van der Waals surface area contributed by atoms with Gasteiger partial charge in [0.05, 0.1) is 6.61 Å². The molecule has 0 heterocycles. The largest absolute Gasteiger partial charge is 0.478 e. The van der Waals surface area contributed by atoms with Crippen molar-refractivity contribution in [3.8, 4) is 12.8 Å². The predicted molar refractivity (Wildman–Crippen MR) is 84.1 cm³/mol. The number of terminal acetylenes is 1. The average molecular weight is 275 g/mol. The van der Waals surface area contributed by atoms with E-state index in [0.717, 1.165) is 25.0 Å². The molecule has 0 aliphatic carbocycles. The monoisotopic (exact) mass is 275 g/mol. The second-order valence-electron chi connectivity index (χ2n) is 4.22. The molecule has 0 atom stereocenters. The molecule has 110 valence electrons. The van der Waals surface area contributed by atoms with Gasteiger partial charge in [-0.15, -0.1) is 12.8 Å². The van der Waals surface area contributed by atoms with Crippen molar-refractivity contribution in [1.29, 1.82) is 5.41 Å². The van der Waals surface area contributed by atoms with E-state index in [9.17, 15) is 0 Å². The van der Waals surface area contributed by atoms with Crippen LogP contribution in [0.2, 0.25) is 0 Å². The van der Waals surface area contributed by atoms with Gasteiger partial charge in [-0.05, 0) is 18.6 Å². The Kier molecular flexibility index (Phi) is 12.4. The van der Waals surface area contributed by atoms with Crippen LogP contribution in [0.4, 0.5) is 0 Å². The molecule has 0 aliphatic rings. The van der Waals surface area contributed by atoms with Gasteiger partial charge >= 0.3 is 0 Å². The average Bonchev–Trinajstić information content (AvgIpc) is 2.52. The van der Waals surface area contributed by atoms with Gasteiger partial charge in [-0.1, -0.05) is 38.0 Å². The second kappa shape index (κ2) is 13.6. The smallest absolute Gasteiger partial charge is 0.213 e. The molecule has 0 aliphatic heterocycles. The Morgan fingerprint density at radius 1 is 1.00 bits per heavy atom. The lowest BCUT2D eigenvalue weighted by Crippen LogP contribution is -2.08. The standard InChI is InChI=1S/C15H23NO2.C2H2/c1-2-3-7-11-17-12-8-13-18-15(16)14-9-5-4-6-10-14;1-2/h4-6,9-10,16H,2-3,7-8,11-13H2,1H3;1-2H. The third-order valence-electron chi connectivity index (χ3n) is 2.61. The first-order chi connectivity index (χ1) is 9.84. The van der Waals surface area contributed by atoms with Gasteiger partial charge in [0.25, 0.3) is 0 Å². The van der Waals surface area contributed by atoms with E-state index in [1.54, 1.807) is 0 Å². The maximum absolute atomic E-state index is 7.74. The predicted octanol–water partition coefficient (Wildman–Crippen LogP) is 3.87. The molecule has 3 nitrogen and oxygen atoms in total. The van der Waals surface area contributed by atoms with Crippen molar-refractivity contribution in [2.45, 2.75) is 32.6 Å². The number of benzene rings is 1. The summed E-state index contributed by atoms with van der Waals surface area (Å²) in [7, 11) is 0. The quantitative estimate of drug-likeness (QED) is 0.322. The highest BCUT2D eigenvalue weighted by atomic mass is 16.5. The van der Waals surface area contributed by atoms with Crippen molar-refractivity contribution in [3.63, 3.8) is 0 Å². The van der Waals surface area contributed by atoms with Crippen molar-refractivity contribution in [2.24, 2.45) is 0 Å². The van der Waals surface area contributed by atoms with E-state index in [1.807, 2.05) is 30.3 Å². The van der Waals surface area contributed by atoms with Gasteiger partial charge in [0, 0.05) is 25.2 Å². The summed E-state index contributed by atoms with van der Waals surface area (Å²) in [5, 5.41) is 7.74. The third kappa shape index (κ3) is 9.18. The molecule has 0 amide bonds. The minimum Gasteiger partial charge on any atom is -0.478 e. The molecule has 0 bridgehead atoms. The molecule has 0 unspecified atom stereocenters. The summed E-state index contributed by atoms with van der Waals surface area (Å²) in [5.74, 6) is 0.238. The van der Waals surface area contributed by atoms with Crippen LogP contribution in [0.25, 0.3) is 0 Å². The van der Waals surface area contributed by atoms with Gasteiger partial charge in [-0.25, -0.2) is 0 Å². The Hall–Kier alpha value is -1.79. The van der Waals surface area contributed by atoms with Crippen molar-refractivity contribution >= 4 is 5.90 Å². The number of ether oxygens (including phenoxy) is 2. The van der Waals surface area contributed by atoms with Crippen LogP contribution in [0.1, 0.15) is 38.2 Å². The highest BCUT2D eigenvalue weighted by molar-refractivity contribution is 5.91. The fourth-order valence-electron chi connectivity index (χ4n) is 1.56. The lowest BCUT2D eigenvalue weighted by Gasteiger charge is -2.07. The molecule has 1 rings (SSSR count). The molecule has 0 radical (unpaired) electrons. The molecule has 20 heavy (non-hydrogen) atoms. The second-order valence-corrected chi connectivity index (χ2v) is 4.22. The van der Waals surface area contributed by atoms with Crippen LogP contribution in [-0.2, 0) is 9.47 Å². The first-order valence-electron chi connectivity index (χ1n) is 7.02. The van der Waals surface area contributed by atoms with E-state index in [1.165, 1.54) is 12.8 Å². The minimum absolute atomic E-state index is 0.238. The van der Waals surface area contributed by atoms with Crippen molar-refractivity contribution < 1.29 is 9.47 Å². The number of hydrogen-bond acceptors (Lipinski definition) is 3. The normalized spacial score (nSPS) is 9.35. The van der Waals surface area contributed by atoms with Crippen LogP contribution in [0.5, 0.6) is 0 Å². The molecule has 1 aromatic rings. The van der Waals surface area contributed by atoms with E-state index in [4.69, 9.17) is 14.9 Å². The van der Waals surface area contributed by atoms with Crippen molar-refractivity contribution in [1.82, 2.24) is 0 Å². The summed E-state index contributed by atoms with van der Waals surface area (Å²) in [6, 6.07) is 9.50. The van der Waals surface area contributed by atoms with Crippen LogP contribution in [0.15, 0.2) is 30.3 Å². The Bertz CT molecular complexity index is 360. The van der Waals surface area contributed by atoms with Crippen molar-refractivity contribution in [3.05, 3.63) is 35.9 Å². The maximum Gasteiger partial charge on any atom is 0.213 e. The summed E-state index contributed by atoms with van der Waals surface area (Å²) < 4.78 is 10.8. The molecule has 0 saturated heterocycles. The van der Waals surface area contributed by atoms with Gasteiger partial charge in [0.15, 0.2) is 0 Å². The van der Waals surface area contributed by atoms with E-state index in [2.05, 4.69) is 19.8 Å². The summed E-state index contributed by atoms with van der Waals surface area (Å²) >= 11 is 0. The zero-order valence-electron chi connectivity index (χ0n) is 12.3. The minimum atomic E-state index is 0.238. The molecule has 1 N–H and O–H groups in total. The summed E-state index contributed by atoms with van der Waals surface area (Å²) in [4.78, 5) is 0. The number of nitrogens with one attached hydrogen (secondary N) is 1. The van der Waals surface area contributed by atoms with Crippen LogP contribution < -0.4 is 0 Å². The first-order valence-corrected chi connectivity index (χ1v) is 7.02. The summed E-state index contributed by atoms with van der Waals surface area (Å²) in [6.45, 7) is 4.28. The molecule has 0 spiro atoms. The lowest BCUT2D eigenvalue weighted by molar-refractivity contribution is 0.114. The van der Waals surface area contributed by atoms with E-state index >= 15 is 0 Å². The molecular weight excluding hydrogens is 250 g/mol. The molecule has 3 heteroatoms. The fourth-order valence-corrected chi connectivity index (χ4v) is 1.56. The molecule has 0 aromatic heterocycles. The molecular formula is C17H25NO2. The Balaban J connectivity index is 0.00000172. The van der Waals surface area contributed by atoms with Gasteiger partial charge < -0.3 is 9.47 Å². The van der Waals surface area contributed by atoms with Crippen LogP contribution in [-0.4, -0.2) is 25.7 Å². The Morgan fingerprint density at radius 3 is 2.30 bits per heavy atom. The topological polar surface area (TPSA) is 42.3 Å². The highest BCUT2D eigenvalue weighted by Crippen LogP contribution is 2.01. The Labute approximate surface area is 122 Å². The first kappa shape index (κ1) is 18.2. The van der Waals surface area contributed by atoms with Gasteiger partial charge in [0.1, 0.15) is 0 Å². The van der Waals surface area contributed by atoms with E-state index in [-0.39, 0.29) is 5.90 Å². The van der Waals surface area contributed by atoms with Crippen LogP contribution in [0.3, 0.4) is 0 Å². The fraction of sp³-hybridized carbons (Fsp3) is 0.471. The third-order valence-corrected chi connectivity index (χ3v) is 2.61. The van der Waals surface area contributed by atoms with Gasteiger partial charge in [-0.3, -0.25) is 5.41 Å².